The highest BCUT2D eigenvalue weighted by Gasteiger charge is 2.24. The minimum absolute atomic E-state index is 0.240. The van der Waals surface area contributed by atoms with Crippen LogP contribution < -0.4 is 5.73 Å². The molecule has 1 fully saturated rings. The van der Waals surface area contributed by atoms with Crippen LogP contribution in [0.1, 0.15) is 43.1 Å². The SMILES string of the molecule is Cc1cc2nc(C3CCC(N)CC3)oc2cc1F. The Bertz CT molecular complexity index is 531. The third-order valence-electron chi connectivity index (χ3n) is 3.81. The summed E-state index contributed by atoms with van der Waals surface area (Å²) in [6.45, 7) is 1.74. The number of aromatic nitrogens is 1. The van der Waals surface area contributed by atoms with E-state index in [-0.39, 0.29) is 5.82 Å². The maximum absolute atomic E-state index is 13.4. The van der Waals surface area contributed by atoms with Crippen LogP contribution in [0.5, 0.6) is 0 Å². The van der Waals surface area contributed by atoms with Gasteiger partial charge in [0.1, 0.15) is 11.3 Å². The first-order chi connectivity index (χ1) is 8.63. The average molecular weight is 248 g/mol. The Morgan fingerprint density at radius 3 is 2.72 bits per heavy atom. The average Bonchev–Trinajstić information content (AvgIpc) is 2.73. The summed E-state index contributed by atoms with van der Waals surface area (Å²) in [5, 5.41) is 0. The molecule has 1 aromatic carbocycles. The molecule has 0 bridgehead atoms. The number of rotatable bonds is 1. The Morgan fingerprint density at radius 1 is 1.28 bits per heavy atom. The van der Waals surface area contributed by atoms with E-state index in [4.69, 9.17) is 10.2 Å². The lowest BCUT2D eigenvalue weighted by atomic mass is 9.86. The summed E-state index contributed by atoms with van der Waals surface area (Å²) < 4.78 is 19.1. The first-order valence-electron chi connectivity index (χ1n) is 6.45. The number of oxazole rings is 1. The van der Waals surface area contributed by atoms with Gasteiger partial charge in [0.05, 0.1) is 0 Å². The highest BCUT2D eigenvalue weighted by atomic mass is 19.1. The molecule has 1 saturated carbocycles. The van der Waals surface area contributed by atoms with Gasteiger partial charge in [0.15, 0.2) is 11.5 Å². The zero-order valence-corrected chi connectivity index (χ0v) is 10.4. The number of benzene rings is 1. The summed E-state index contributed by atoms with van der Waals surface area (Å²) in [5.41, 5.74) is 7.79. The van der Waals surface area contributed by atoms with Crippen molar-refractivity contribution in [2.24, 2.45) is 5.73 Å². The summed E-state index contributed by atoms with van der Waals surface area (Å²) in [6, 6.07) is 3.48. The molecule has 0 atom stereocenters. The van der Waals surface area contributed by atoms with E-state index in [0.717, 1.165) is 37.1 Å². The van der Waals surface area contributed by atoms with Crippen molar-refractivity contribution in [1.29, 1.82) is 0 Å². The molecule has 3 nitrogen and oxygen atoms in total. The number of hydrogen-bond acceptors (Lipinski definition) is 3. The summed E-state index contributed by atoms with van der Waals surface area (Å²) >= 11 is 0. The van der Waals surface area contributed by atoms with Gasteiger partial charge in [-0.25, -0.2) is 9.37 Å². The number of aryl methyl sites for hydroxylation is 1. The molecule has 2 aromatic rings. The second kappa shape index (κ2) is 4.35. The van der Waals surface area contributed by atoms with Crippen molar-refractivity contribution < 1.29 is 8.81 Å². The molecule has 0 aliphatic heterocycles. The van der Waals surface area contributed by atoms with Crippen molar-refractivity contribution in [1.82, 2.24) is 4.98 Å². The highest BCUT2D eigenvalue weighted by molar-refractivity contribution is 5.73. The number of nitrogens with zero attached hydrogens (tertiary/aromatic N) is 1. The van der Waals surface area contributed by atoms with Gasteiger partial charge in [0.25, 0.3) is 0 Å². The van der Waals surface area contributed by atoms with Gasteiger partial charge in [0.2, 0.25) is 0 Å². The Kier molecular flexibility index (Phi) is 2.82. The van der Waals surface area contributed by atoms with Gasteiger partial charge >= 0.3 is 0 Å². The Balaban J connectivity index is 1.93. The molecule has 0 spiro atoms. The molecule has 96 valence electrons. The van der Waals surface area contributed by atoms with E-state index in [1.54, 1.807) is 13.0 Å². The molecule has 0 amide bonds. The van der Waals surface area contributed by atoms with Gasteiger partial charge in [0, 0.05) is 18.0 Å². The second-order valence-corrected chi connectivity index (χ2v) is 5.23. The second-order valence-electron chi connectivity index (χ2n) is 5.23. The van der Waals surface area contributed by atoms with Crippen LogP contribution in [0.3, 0.4) is 0 Å². The van der Waals surface area contributed by atoms with Crippen molar-refractivity contribution >= 4 is 11.1 Å². The van der Waals surface area contributed by atoms with E-state index < -0.39 is 0 Å². The first kappa shape index (κ1) is 11.7. The Morgan fingerprint density at radius 2 is 2.00 bits per heavy atom. The van der Waals surface area contributed by atoms with Crippen molar-refractivity contribution in [3.8, 4) is 0 Å². The number of nitrogens with two attached hydrogens (primary N) is 1. The predicted molar refractivity (Wildman–Crippen MR) is 67.9 cm³/mol. The lowest BCUT2D eigenvalue weighted by Crippen LogP contribution is -2.25. The topological polar surface area (TPSA) is 52.0 Å². The molecular formula is C14H17FN2O. The van der Waals surface area contributed by atoms with Crippen LogP contribution in [0.15, 0.2) is 16.5 Å². The Labute approximate surface area is 105 Å². The van der Waals surface area contributed by atoms with E-state index in [1.165, 1.54) is 6.07 Å². The van der Waals surface area contributed by atoms with E-state index in [0.29, 0.717) is 23.1 Å². The largest absolute Gasteiger partial charge is 0.440 e. The molecule has 1 aliphatic rings. The number of hydrogen-bond donors (Lipinski definition) is 1. The minimum atomic E-state index is -0.240. The molecule has 0 unspecified atom stereocenters. The van der Waals surface area contributed by atoms with Crippen LogP contribution in [0, 0.1) is 12.7 Å². The maximum atomic E-state index is 13.4. The van der Waals surface area contributed by atoms with Crippen LogP contribution >= 0.6 is 0 Å². The van der Waals surface area contributed by atoms with Gasteiger partial charge in [-0.1, -0.05) is 0 Å². The zero-order chi connectivity index (χ0) is 12.7. The van der Waals surface area contributed by atoms with E-state index in [9.17, 15) is 4.39 Å². The molecule has 0 saturated heterocycles. The van der Waals surface area contributed by atoms with Crippen LogP contribution in [0.4, 0.5) is 4.39 Å². The van der Waals surface area contributed by atoms with Crippen molar-refractivity contribution in [2.45, 2.75) is 44.6 Å². The van der Waals surface area contributed by atoms with Gasteiger partial charge in [-0.15, -0.1) is 0 Å². The van der Waals surface area contributed by atoms with E-state index in [1.807, 2.05) is 0 Å². The summed E-state index contributed by atoms with van der Waals surface area (Å²) in [4.78, 5) is 4.49. The fraction of sp³-hybridized carbons (Fsp3) is 0.500. The fourth-order valence-electron chi connectivity index (χ4n) is 2.61. The fourth-order valence-corrected chi connectivity index (χ4v) is 2.61. The van der Waals surface area contributed by atoms with Crippen LogP contribution in [-0.2, 0) is 0 Å². The molecule has 1 heterocycles. The normalized spacial score (nSPS) is 24.6. The van der Waals surface area contributed by atoms with Crippen LogP contribution in [-0.4, -0.2) is 11.0 Å². The summed E-state index contributed by atoms with van der Waals surface area (Å²) in [6.07, 6.45) is 4.04. The number of halogens is 1. The molecule has 1 aromatic heterocycles. The summed E-state index contributed by atoms with van der Waals surface area (Å²) in [5.74, 6) is 0.832. The quantitative estimate of drug-likeness (QED) is 0.842. The van der Waals surface area contributed by atoms with Crippen molar-refractivity contribution in [2.75, 3.05) is 0 Å². The highest BCUT2D eigenvalue weighted by Crippen LogP contribution is 2.33. The minimum Gasteiger partial charge on any atom is -0.440 e. The third kappa shape index (κ3) is 2.01. The van der Waals surface area contributed by atoms with Crippen LogP contribution in [0.2, 0.25) is 0 Å². The molecule has 4 heteroatoms. The monoisotopic (exact) mass is 248 g/mol. The zero-order valence-electron chi connectivity index (χ0n) is 10.4. The molecule has 0 radical (unpaired) electrons. The summed E-state index contributed by atoms with van der Waals surface area (Å²) in [7, 11) is 0. The predicted octanol–water partition coefficient (Wildman–Crippen LogP) is 3.26. The number of fused-ring (bicyclic) bond motifs is 1. The molecule has 3 rings (SSSR count). The van der Waals surface area contributed by atoms with Crippen molar-refractivity contribution in [3.63, 3.8) is 0 Å². The lowest BCUT2D eigenvalue weighted by molar-refractivity contribution is 0.346. The van der Waals surface area contributed by atoms with Gasteiger partial charge in [-0.2, -0.15) is 0 Å². The van der Waals surface area contributed by atoms with Crippen molar-refractivity contribution in [3.05, 3.63) is 29.4 Å². The molecule has 2 N–H and O–H groups in total. The van der Waals surface area contributed by atoms with Gasteiger partial charge in [-0.3, -0.25) is 0 Å². The molecule has 18 heavy (non-hydrogen) atoms. The van der Waals surface area contributed by atoms with Gasteiger partial charge in [-0.05, 0) is 44.2 Å². The maximum Gasteiger partial charge on any atom is 0.198 e. The Hall–Kier alpha value is -1.42. The lowest BCUT2D eigenvalue weighted by Gasteiger charge is -2.23. The van der Waals surface area contributed by atoms with Crippen LogP contribution in [0.25, 0.3) is 11.1 Å². The smallest absolute Gasteiger partial charge is 0.198 e. The van der Waals surface area contributed by atoms with E-state index in [2.05, 4.69) is 4.98 Å². The molecular weight excluding hydrogens is 231 g/mol. The first-order valence-corrected chi connectivity index (χ1v) is 6.45. The molecule has 1 aliphatic carbocycles. The third-order valence-corrected chi connectivity index (χ3v) is 3.81. The van der Waals surface area contributed by atoms with E-state index >= 15 is 0 Å². The standard InChI is InChI=1S/C14H17FN2O/c1-8-6-12-13(7-11(8)15)18-14(17-12)9-2-4-10(16)5-3-9/h6-7,9-10H,2-5,16H2,1H3. The van der Waals surface area contributed by atoms with Gasteiger partial charge < -0.3 is 10.2 Å².